The number of hydrogen-bond acceptors (Lipinski definition) is 6. The fourth-order valence-corrected chi connectivity index (χ4v) is 4.03. The number of nitrogens with two attached hydrogens (primary N) is 1. The van der Waals surface area contributed by atoms with Crippen molar-refractivity contribution in [3.8, 4) is 6.07 Å². The Bertz CT molecular complexity index is 1060. The Hall–Kier alpha value is -3.29. The van der Waals surface area contributed by atoms with Crippen LogP contribution in [0.5, 0.6) is 0 Å². The predicted molar refractivity (Wildman–Crippen MR) is 106 cm³/mol. The number of nitrogens with zero attached hydrogens (tertiary/aromatic N) is 5. The zero-order valence-corrected chi connectivity index (χ0v) is 16.6. The van der Waals surface area contributed by atoms with Gasteiger partial charge >= 0.3 is 6.03 Å². The highest BCUT2D eigenvalue weighted by Crippen LogP contribution is 2.27. The number of nitriles is 1. The molecule has 2 aliphatic heterocycles. The topological polar surface area (TPSA) is 120 Å². The molecule has 0 aliphatic carbocycles. The monoisotopic (exact) mass is 411 g/mol. The number of urea groups is 1. The molecule has 4 rings (SSSR count). The smallest absolute Gasteiger partial charge is 0.328 e. The summed E-state index contributed by atoms with van der Waals surface area (Å²) in [6, 6.07) is 4.79. The Morgan fingerprint density at radius 1 is 1.43 bits per heavy atom. The predicted octanol–water partition coefficient (Wildman–Crippen LogP) is 1.14. The molecule has 1 aromatic carbocycles. The quantitative estimate of drug-likeness (QED) is 0.765. The third-order valence-electron chi connectivity index (χ3n) is 5.50. The SMILES string of the molecule is CN1Cc2c3c(nn2CC(CN)C1)CCN(C(=O)Nc1ccc(F)c(C#N)c1)C3=O. The summed E-state index contributed by atoms with van der Waals surface area (Å²) in [5.41, 5.74) is 7.89. The van der Waals surface area contributed by atoms with E-state index in [1.54, 1.807) is 6.07 Å². The van der Waals surface area contributed by atoms with Gasteiger partial charge < -0.3 is 16.0 Å². The second kappa shape index (κ2) is 7.85. The van der Waals surface area contributed by atoms with Gasteiger partial charge in [-0.2, -0.15) is 10.4 Å². The molecule has 156 valence electrons. The van der Waals surface area contributed by atoms with Crippen LogP contribution in [0, 0.1) is 23.1 Å². The molecule has 0 radical (unpaired) electrons. The Morgan fingerprint density at radius 3 is 2.97 bits per heavy atom. The minimum atomic E-state index is -0.670. The molecule has 1 atom stereocenters. The molecule has 0 spiro atoms. The molecule has 0 bridgehead atoms. The van der Waals surface area contributed by atoms with E-state index in [1.165, 1.54) is 12.1 Å². The van der Waals surface area contributed by atoms with E-state index in [-0.39, 0.29) is 23.7 Å². The van der Waals surface area contributed by atoms with Gasteiger partial charge in [0.1, 0.15) is 11.9 Å². The average molecular weight is 411 g/mol. The van der Waals surface area contributed by atoms with Gasteiger partial charge in [-0.05, 0) is 31.8 Å². The second-order valence-electron chi connectivity index (χ2n) is 7.69. The first-order chi connectivity index (χ1) is 14.4. The van der Waals surface area contributed by atoms with Crippen molar-refractivity contribution < 1.29 is 14.0 Å². The van der Waals surface area contributed by atoms with E-state index in [0.717, 1.165) is 23.2 Å². The highest BCUT2D eigenvalue weighted by atomic mass is 19.1. The van der Waals surface area contributed by atoms with Crippen molar-refractivity contribution in [1.82, 2.24) is 19.6 Å². The van der Waals surface area contributed by atoms with Gasteiger partial charge in [-0.25, -0.2) is 9.18 Å². The summed E-state index contributed by atoms with van der Waals surface area (Å²) in [5.74, 6) is -0.839. The fraction of sp³-hybridized carbons (Fsp3) is 0.400. The average Bonchev–Trinajstić information content (AvgIpc) is 2.97. The van der Waals surface area contributed by atoms with Crippen molar-refractivity contribution in [3.63, 3.8) is 0 Å². The number of carbonyl (C=O) groups excluding carboxylic acids is 2. The molecule has 3 amide bonds. The first kappa shape index (κ1) is 20.0. The molecule has 0 fully saturated rings. The number of benzene rings is 1. The van der Waals surface area contributed by atoms with E-state index in [2.05, 4.69) is 15.3 Å². The third kappa shape index (κ3) is 3.53. The Kier molecular flexibility index (Phi) is 5.24. The van der Waals surface area contributed by atoms with Crippen LogP contribution in [-0.2, 0) is 19.5 Å². The number of halogens is 1. The number of aromatic nitrogens is 2. The molecule has 1 unspecified atom stereocenters. The minimum Gasteiger partial charge on any atom is -0.330 e. The van der Waals surface area contributed by atoms with Crippen LogP contribution < -0.4 is 11.1 Å². The van der Waals surface area contributed by atoms with Crippen LogP contribution in [0.1, 0.15) is 27.3 Å². The zero-order valence-electron chi connectivity index (χ0n) is 16.6. The van der Waals surface area contributed by atoms with Crippen molar-refractivity contribution in [1.29, 1.82) is 5.26 Å². The maximum Gasteiger partial charge on any atom is 0.328 e. The largest absolute Gasteiger partial charge is 0.330 e. The van der Waals surface area contributed by atoms with Crippen LogP contribution in [0.25, 0.3) is 0 Å². The molecule has 0 saturated carbocycles. The molecule has 3 N–H and O–H groups in total. The van der Waals surface area contributed by atoms with Crippen LogP contribution >= 0.6 is 0 Å². The molecule has 10 heteroatoms. The van der Waals surface area contributed by atoms with Crippen molar-refractivity contribution in [2.24, 2.45) is 11.7 Å². The Labute approximate surface area is 172 Å². The summed E-state index contributed by atoms with van der Waals surface area (Å²) in [5, 5.41) is 16.2. The van der Waals surface area contributed by atoms with Gasteiger partial charge in [-0.1, -0.05) is 0 Å². The number of nitrogens with one attached hydrogen (secondary N) is 1. The van der Waals surface area contributed by atoms with Crippen LogP contribution in [0.2, 0.25) is 0 Å². The van der Waals surface area contributed by atoms with Crippen molar-refractivity contribution in [2.45, 2.75) is 19.5 Å². The number of hydrogen-bond donors (Lipinski definition) is 2. The summed E-state index contributed by atoms with van der Waals surface area (Å²) >= 11 is 0. The summed E-state index contributed by atoms with van der Waals surface area (Å²) in [6.45, 7) is 2.70. The molecule has 0 saturated heterocycles. The van der Waals surface area contributed by atoms with Gasteiger partial charge in [-0.3, -0.25) is 14.4 Å². The fourth-order valence-electron chi connectivity index (χ4n) is 4.03. The summed E-state index contributed by atoms with van der Waals surface area (Å²) in [7, 11) is 1.97. The first-order valence-corrected chi connectivity index (χ1v) is 9.71. The minimum absolute atomic E-state index is 0.181. The Balaban J connectivity index is 1.59. The number of amides is 3. The van der Waals surface area contributed by atoms with Crippen LogP contribution in [0.4, 0.5) is 14.9 Å². The van der Waals surface area contributed by atoms with Crippen LogP contribution in [0.3, 0.4) is 0 Å². The maximum absolute atomic E-state index is 13.5. The highest BCUT2D eigenvalue weighted by Gasteiger charge is 2.36. The van der Waals surface area contributed by atoms with Gasteiger partial charge in [0.05, 0.1) is 22.5 Å². The molecule has 3 heterocycles. The summed E-state index contributed by atoms with van der Waals surface area (Å²) in [4.78, 5) is 29.2. The van der Waals surface area contributed by atoms with E-state index in [9.17, 15) is 14.0 Å². The number of imide groups is 1. The summed E-state index contributed by atoms with van der Waals surface area (Å²) in [6.07, 6.45) is 0.457. The number of carbonyl (C=O) groups is 2. The Morgan fingerprint density at radius 2 is 2.23 bits per heavy atom. The molecule has 2 aromatic rings. The van der Waals surface area contributed by atoms with Crippen LogP contribution in [-0.4, -0.2) is 58.2 Å². The van der Waals surface area contributed by atoms with Gasteiger partial charge in [0.25, 0.3) is 5.91 Å². The zero-order chi connectivity index (χ0) is 21.4. The van der Waals surface area contributed by atoms with Gasteiger partial charge in [0, 0.05) is 44.2 Å². The standard InChI is InChI=1S/C20H22FN7O2/c1-26-9-12(7-22)10-28-17(11-26)18-16(25-28)4-5-27(19(18)29)20(30)24-14-2-3-15(21)13(6-14)8-23/h2-3,6,12H,4-5,7,9-11,22H2,1H3,(H,24,30). The normalized spacial score (nSPS) is 18.9. The number of fused-ring (bicyclic) bond motifs is 3. The van der Waals surface area contributed by atoms with E-state index in [1.807, 2.05) is 11.7 Å². The van der Waals surface area contributed by atoms with Gasteiger partial charge in [0.15, 0.2) is 0 Å². The molecule has 9 nitrogen and oxygen atoms in total. The lowest BCUT2D eigenvalue weighted by molar-refractivity contribution is 0.0796. The lowest BCUT2D eigenvalue weighted by atomic mass is 10.0. The van der Waals surface area contributed by atoms with Gasteiger partial charge in [0.2, 0.25) is 0 Å². The molecule has 30 heavy (non-hydrogen) atoms. The van der Waals surface area contributed by atoms with Crippen LogP contribution in [0.15, 0.2) is 18.2 Å². The van der Waals surface area contributed by atoms with Crippen molar-refractivity contribution >= 4 is 17.6 Å². The van der Waals surface area contributed by atoms with E-state index in [0.29, 0.717) is 37.3 Å². The van der Waals surface area contributed by atoms with E-state index in [4.69, 9.17) is 11.0 Å². The van der Waals surface area contributed by atoms with Crippen molar-refractivity contribution in [2.75, 3.05) is 32.0 Å². The van der Waals surface area contributed by atoms with E-state index >= 15 is 0 Å². The molecule has 1 aromatic heterocycles. The first-order valence-electron chi connectivity index (χ1n) is 9.71. The number of rotatable bonds is 2. The van der Waals surface area contributed by atoms with E-state index < -0.39 is 17.8 Å². The molecular formula is C20H22FN7O2. The van der Waals surface area contributed by atoms with Crippen molar-refractivity contribution in [3.05, 3.63) is 46.5 Å². The second-order valence-corrected chi connectivity index (χ2v) is 7.69. The lowest BCUT2D eigenvalue weighted by Gasteiger charge is -2.26. The maximum atomic E-state index is 13.5. The number of anilines is 1. The van der Waals surface area contributed by atoms with Gasteiger partial charge in [-0.15, -0.1) is 0 Å². The molecular weight excluding hydrogens is 389 g/mol. The third-order valence-corrected chi connectivity index (χ3v) is 5.50. The lowest BCUT2D eigenvalue weighted by Crippen LogP contribution is -2.44. The summed E-state index contributed by atoms with van der Waals surface area (Å²) < 4.78 is 15.4. The molecule has 2 aliphatic rings. The highest BCUT2D eigenvalue weighted by molar-refractivity contribution is 6.09.